The van der Waals surface area contributed by atoms with Crippen molar-refractivity contribution >= 4 is 0 Å². The van der Waals surface area contributed by atoms with Crippen molar-refractivity contribution < 1.29 is 4.74 Å². The van der Waals surface area contributed by atoms with Gasteiger partial charge in [0.2, 0.25) is 0 Å². The Morgan fingerprint density at radius 3 is 2.48 bits per heavy atom. The molecular weight excluding hydrogens is 260 g/mol. The largest absolute Gasteiger partial charge is 0.376 e. The van der Waals surface area contributed by atoms with E-state index < -0.39 is 0 Å². The average molecular weight is 290 g/mol. The van der Waals surface area contributed by atoms with Gasteiger partial charge in [-0.15, -0.1) is 0 Å². The summed E-state index contributed by atoms with van der Waals surface area (Å²) in [5.41, 5.74) is 9.54. The zero-order valence-corrected chi connectivity index (χ0v) is 13.7. The van der Waals surface area contributed by atoms with E-state index in [1.165, 1.54) is 11.1 Å². The Morgan fingerprint density at radius 1 is 1.29 bits per heavy atom. The SMILES string of the molecule is C=C(C)COCCNC(CN)c1ccc(CC(C)C)cc1. The Balaban J connectivity index is 2.42. The van der Waals surface area contributed by atoms with Crippen LogP contribution in [0.4, 0.5) is 0 Å². The van der Waals surface area contributed by atoms with Gasteiger partial charge in [-0.05, 0) is 30.4 Å². The second-order valence-electron chi connectivity index (χ2n) is 6.09. The van der Waals surface area contributed by atoms with Gasteiger partial charge in [0, 0.05) is 19.1 Å². The first-order valence-electron chi connectivity index (χ1n) is 7.77. The van der Waals surface area contributed by atoms with Crippen molar-refractivity contribution in [2.75, 3.05) is 26.3 Å². The van der Waals surface area contributed by atoms with Crippen LogP contribution < -0.4 is 11.1 Å². The van der Waals surface area contributed by atoms with Crippen LogP contribution in [0.25, 0.3) is 0 Å². The lowest BCUT2D eigenvalue weighted by atomic mass is 9.99. The molecule has 1 aromatic carbocycles. The molecule has 0 aromatic heterocycles. The van der Waals surface area contributed by atoms with E-state index in [-0.39, 0.29) is 6.04 Å². The first kappa shape index (κ1) is 17.9. The highest BCUT2D eigenvalue weighted by Gasteiger charge is 2.08. The van der Waals surface area contributed by atoms with Crippen molar-refractivity contribution in [1.29, 1.82) is 0 Å². The minimum absolute atomic E-state index is 0.187. The van der Waals surface area contributed by atoms with Gasteiger partial charge >= 0.3 is 0 Å². The highest BCUT2D eigenvalue weighted by Crippen LogP contribution is 2.15. The van der Waals surface area contributed by atoms with Gasteiger partial charge in [0.05, 0.1) is 13.2 Å². The molecule has 0 saturated heterocycles. The highest BCUT2D eigenvalue weighted by atomic mass is 16.5. The van der Waals surface area contributed by atoms with Crippen LogP contribution in [0.5, 0.6) is 0 Å². The molecule has 0 aliphatic carbocycles. The highest BCUT2D eigenvalue weighted by molar-refractivity contribution is 5.25. The lowest BCUT2D eigenvalue weighted by molar-refractivity contribution is 0.155. The molecule has 3 N–H and O–H groups in total. The van der Waals surface area contributed by atoms with E-state index in [0.717, 1.165) is 18.5 Å². The molecule has 1 aromatic rings. The quantitative estimate of drug-likeness (QED) is 0.514. The van der Waals surface area contributed by atoms with Gasteiger partial charge in [0.25, 0.3) is 0 Å². The Morgan fingerprint density at radius 2 is 1.95 bits per heavy atom. The fraction of sp³-hybridized carbons (Fsp3) is 0.556. The van der Waals surface area contributed by atoms with Crippen LogP contribution in [-0.4, -0.2) is 26.3 Å². The smallest absolute Gasteiger partial charge is 0.0672 e. The predicted octanol–water partition coefficient (Wildman–Crippen LogP) is 3.07. The maximum absolute atomic E-state index is 5.87. The second-order valence-corrected chi connectivity index (χ2v) is 6.09. The summed E-state index contributed by atoms with van der Waals surface area (Å²) >= 11 is 0. The summed E-state index contributed by atoms with van der Waals surface area (Å²) in [5, 5.41) is 3.44. The Labute approximate surface area is 129 Å². The molecule has 1 rings (SSSR count). The molecule has 0 aliphatic rings. The molecule has 0 saturated carbocycles. The van der Waals surface area contributed by atoms with Crippen LogP contribution in [0.2, 0.25) is 0 Å². The molecule has 1 unspecified atom stereocenters. The Bertz CT molecular complexity index is 412. The van der Waals surface area contributed by atoms with Crippen LogP contribution in [0, 0.1) is 5.92 Å². The topological polar surface area (TPSA) is 47.3 Å². The van der Waals surface area contributed by atoms with Crippen LogP contribution in [0.3, 0.4) is 0 Å². The lowest BCUT2D eigenvalue weighted by Gasteiger charge is -2.18. The van der Waals surface area contributed by atoms with E-state index in [0.29, 0.717) is 25.7 Å². The molecular formula is C18H30N2O. The van der Waals surface area contributed by atoms with Crippen LogP contribution in [0.1, 0.15) is 37.9 Å². The van der Waals surface area contributed by atoms with Crippen molar-refractivity contribution in [2.24, 2.45) is 11.7 Å². The zero-order valence-electron chi connectivity index (χ0n) is 13.7. The van der Waals surface area contributed by atoms with Crippen molar-refractivity contribution in [3.8, 4) is 0 Å². The first-order chi connectivity index (χ1) is 10.0. The first-order valence-corrected chi connectivity index (χ1v) is 7.77. The minimum Gasteiger partial charge on any atom is -0.376 e. The third kappa shape index (κ3) is 7.42. The van der Waals surface area contributed by atoms with Crippen molar-refractivity contribution in [3.63, 3.8) is 0 Å². The molecule has 1 atom stereocenters. The molecule has 118 valence electrons. The number of nitrogens with two attached hydrogens (primary N) is 1. The molecule has 0 fully saturated rings. The van der Waals surface area contributed by atoms with E-state index in [1.54, 1.807) is 0 Å². The summed E-state index contributed by atoms with van der Waals surface area (Å²) in [6.07, 6.45) is 1.12. The summed E-state index contributed by atoms with van der Waals surface area (Å²) < 4.78 is 5.49. The van der Waals surface area contributed by atoms with Gasteiger partial charge in [-0.3, -0.25) is 0 Å². The normalized spacial score (nSPS) is 12.6. The molecule has 0 aliphatic heterocycles. The summed E-state index contributed by atoms with van der Waals surface area (Å²) in [6.45, 7) is 12.9. The molecule has 3 heteroatoms. The number of benzene rings is 1. The fourth-order valence-electron chi connectivity index (χ4n) is 2.25. The van der Waals surface area contributed by atoms with E-state index in [1.807, 2.05) is 6.92 Å². The second kappa shape index (κ2) is 9.72. The van der Waals surface area contributed by atoms with Gasteiger partial charge in [0.1, 0.15) is 0 Å². The average Bonchev–Trinajstić information content (AvgIpc) is 2.43. The molecule has 0 heterocycles. The van der Waals surface area contributed by atoms with E-state index in [4.69, 9.17) is 10.5 Å². The van der Waals surface area contributed by atoms with Gasteiger partial charge in [-0.25, -0.2) is 0 Å². The molecule has 0 bridgehead atoms. The van der Waals surface area contributed by atoms with Crippen LogP contribution in [-0.2, 0) is 11.2 Å². The van der Waals surface area contributed by atoms with E-state index >= 15 is 0 Å². The van der Waals surface area contributed by atoms with Crippen LogP contribution >= 0.6 is 0 Å². The number of ether oxygens (including phenoxy) is 1. The molecule has 21 heavy (non-hydrogen) atoms. The fourth-order valence-corrected chi connectivity index (χ4v) is 2.25. The van der Waals surface area contributed by atoms with Gasteiger partial charge in [0.15, 0.2) is 0 Å². The Kier molecular flexibility index (Phi) is 8.28. The third-order valence-corrected chi connectivity index (χ3v) is 3.25. The third-order valence-electron chi connectivity index (χ3n) is 3.25. The molecule has 0 spiro atoms. The van der Waals surface area contributed by atoms with Crippen molar-refractivity contribution in [3.05, 3.63) is 47.5 Å². The number of nitrogens with one attached hydrogen (secondary N) is 1. The van der Waals surface area contributed by atoms with Gasteiger partial charge in [-0.2, -0.15) is 0 Å². The summed E-state index contributed by atoms with van der Waals surface area (Å²) in [7, 11) is 0. The monoisotopic (exact) mass is 290 g/mol. The van der Waals surface area contributed by atoms with Crippen molar-refractivity contribution in [1.82, 2.24) is 5.32 Å². The standard InChI is InChI=1S/C18H30N2O/c1-14(2)11-16-5-7-17(8-6-16)18(12-19)20-9-10-21-13-15(3)4/h5-8,14,18,20H,3,9-13,19H2,1-2,4H3. The molecule has 0 amide bonds. The Hall–Kier alpha value is -1.16. The number of hydrogen-bond acceptors (Lipinski definition) is 3. The number of hydrogen-bond donors (Lipinski definition) is 2. The predicted molar refractivity (Wildman–Crippen MR) is 90.4 cm³/mol. The van der Waals surface area contributed by atoms with Gasteiger partial charge < -0.3 is 15.8 Å². The van der Waals surface area contributed by atoms with E-state index in [9.17, 15) is 0 Å². The maximum Gasteiger partial charge on any atom is 0.0672 e. The number of rotatable bonds is 10. The maximum atomic E-state index is 5.87. The summed E-state index contributed by atoms with van der Waals surface area (Å²) in [6, 6.07) is 8.95. The minimum atomic E-state index is 0.187. The lowest BCUT2D eigenvalue weighted by Crippen LogP contribution is -2.31. The molecule has 0 radical (unpaired) electrons. The zero-order chi connectivity index (χ0) is 15.7. The summed E-state index contributed by atoms with van der Waals surface area (Å²) in [5.74, 6) is 0.685. The van der Waals surface area contributed by atoms with E-state index in [2.05, 4.69) is 50.0 Å². The summed E-state index contributed by atoms with van der Waals surface area (Å²) in [4.78, 5) is 0. The molecule has 3 nitrogen and oxygen atoms in total. The van der Waals surface area contributed by atoms with Crippen LogP contribution in [0.15, 0.2) is 36.4 Å². The van der Waals surface area contributed by atoms with Gasteiger partial charge in [-0.1, -0.05) is 50.3 Å². The van der Waals surface area contributed by atoms with Crippen molar-refractivity contribution in [2.45, 2.75) is 33.2 Å².